The molecule has 1 aliphatic rings. The van der Waals surface area contributed by atoms with Gasteiger partial charge in [-0.2, -0.15) is 0 Å². The lowest BCUT2D eigenvalue weighted by Crippen LogP contribution is -2.53. The largest absolute Gasteiger partial charge is 0.325 e. The van der Waals surface area contributed by atoms with E-state index in [4.69, 9.17) is 22.2 Å². The minimum Gasteiger partial charge on any atom is -0.325 e. The van der Waals surface area contributed by atoms with Crippen molar-refractivity contribution < 1.29 is 0 Å². The van der Waals surface area contributed by atoms with E-state index in [1.165, 1.54) is 21.8 Å². The van der Waals surface area contributed by atoms with Gasteiger partial charge in [-0.15, -0.1) is 10.4 Å². The van der Waals surface area contributed by atoms with Crippen LogP contribution in [0.3, 0.4) is 0 Å². The van der Waals surface area contributed by atoms with E-state index >= 15 is 0 Å². The fourth-order valence-electron chi connectivity index (χ4n) is 3.60. The average molecular weight is 340 g/mol. The molecular weight excluding hydrogens is 329 g/mol. The second-order valence-corrected chi connectivity index (χ2v) is 11.9. The highest BCUT2D eigenvalue weighted by Gasteiger charge is 2.30. The monoisotopic (exact) mass is 339 g/mol. The molecule has 0 amide bonds. The molecule has 5 rings (SSSR count). The summed E-state index contributed by atoms with van der Waals surface area (Å²) < 4.78 is 2.31. The molecule has 4 aromatic rings. The van der Waals surface area contributed by atoms with Gasteiger partial charge in [-0.25, -0.2) is 0 Å². The van der Waals surface area contributed by atoms with Crippen LogP contribution in [0.1, 0.15) is 0 Å². The van der Waals surface area contributed by atoms with Gasteiger partial charge in [-0.05, 0) is 12.1 Å². The van der Waals surface area contributed by atoms with Gasteiger partial charge >= 0.3 is 0 Å². The zero-order chi connectivity index (χ0) is 14.9. The van der Waals surface area contributed by atoms with E-state index < -0.39 is 6.69 Å². The molecule has 0 bridgehead atoms. The average Bonchev–Trinajstić information content (AvgIpc) is 2.88. The van der Waals surface area contributed by atoms with Crippen molar-refractivity contribution in [1.29, 1.82) is 0 Å². The first kappa shape index (κ1) is 12.8. The number of hydrogen-bond donors (Lipinski definition) is 0. The molecule has 1 aromatic heterocycles. The van der Waals surface area contributed by atoms with Gasteiger partial charge in [0.15, 0.2) is 0 Å². The second-order valence-electron chi connectivity index (χ2n) is 5.65. The molecule has 22 heavy (non-hydrogen) atoms. The maximum absolute atomic E-state index is 6.92. The Morgan fingerprint density at radius 3 is 2.27 bits per heavy atom. The highest BCUT2D eigenvalue weighted by atomic mass is 35.7. The Labute approximate surface area is 138 Å². The van der Waals surface area contributed by atoms with E-state index in [9.17, 15) is 0 Å². The third-order valence-corrected chi connectivity index (χ3v) is 9.14. The third kappa shape index (κ3) is 1.40. The lowest BCUT2D eigenvalue weighted by atomic mass is 10.1. The van der Waals surface area contributed by atoms with E-state index in [0.717, 1.165) is 16.1 Å². The molecule has 107 valence electrons. The Morgan fingerprint density at radius 2 is 1.36 bits per heavy atom. The predicted molar refractivity (Wildman–Crippen MR) is 97.5 cm³/mol. The number of hydrogen-bond acceptors (Lipinski definition) is 0. The quantitative estimate of drug-likeness (QED) is 0.335. The van der Waals surface area contributed by atoms with E-state index in [-0.39, 0.29) is 0 Å². The first-order valence-electron chi connectivity index (χ1n) is 7.20. The van der Waals surface area contributed by atoms with Crippen molar-refractivity contribution in [3.8, 4) is 5.69 Å². The minimum atomic E-state index is -2.70. The molecule has 0 N–H and O–H groups in total. The van der Waals surface area contributed by atoms with Crippen molar-refractivity contribution in [2.75, 3.05) is 0 Å². The van der Waals surface area contributed by atoms with Gasteiger partial charge in [0.05, 0.1) is 12.2 Å². The molecule has 4 heteroatoms. The predicted octanol–water partition coefficient (Wildman–Crippen LogP) is 4.13. The van der Waals surface area contributed by atoms with Crippen molar-refractivity contribution in [3.63, 3.8) is 0 Å². The summed E-state index contributed by atoms with van der Waals surface area (Å²) in [6.07, 6.45) is 0. The smallest absolute Gasteiger partial charge is 0.0961 e. The Bertz CT molecular complexity index is 1070. The summed E-state index contributed by atoms with van der Waals surface area (Å²) in [5.74, 6) is 0. The first-order valence-corrected chi connectivity index (χ1v) is 11.2. The summed E-state index contributed by atoms with van der Waals surface area (Å²) in [5.41, 5.74) is 3.48. The van der Waals surface area contributed by atoms with Crippen molar-refractivity contribution >= 4 is 61.0 Å². The van der Waals surface area contributed by atoms with E-state index in [2.05, 4.69) is 59.2 Å². The van der Waals surface area contributed by atoms with Crippen LogP contribution in [0.5, 0.6) is 0 Å². The maximum Gasteiger partial charge on any atom is 0.0961 e. The topological polar surface area (TPSA) is 4.93 Å². The summed E-state index contributed by atoms with van der Waals surface area (Å²) in [4.78, 5) is 0. The molecule has 0 radical (unpaired) electrons. The normalized spacial score (nSPS) is 15.2. The summed E-state index contributed by atoms with van der Waals surface area (Å²) in [6, 6.07) is 23.0. The van der Waals surface area contributed by atoms with Crippen LogP contribution in [0.25, 0.3) is 27.5 Å². The Hall–Kier alpha value is -1.74. The summed E-state index contributed by atoms with van der Waals surface area (Å²) >= 11 is 13.8. The minimum absolute atomic E-state index is 1.07. The number of rotatable bonds is 0. The number of aromatic nitrogens is 1. The highest BCUT2D eigenvalue weighted by molar-refractivity contribution is 7.57. The molecule has 0 saturated heterocycles. The molecule has 0 fully saturated rings. The van der Waals surface area contributed by atoms with Gasteiger partial charge in [0.1, 0.15) is 0 Å². The molecule has 1 aliphatic heterocycles. The zero-order valence-corrected chi connectivity index (χ0v) is 14.1. The van der Waals surface area contributed by atoms with Crippen LogP contribution in [0.4, 0.5) is 0 Å². The molecule has 0 spiro atoms. The Balaban J connectivity index is 2.15. The second kappa shape index (κ2) is 4.16. The molecule has 0 saturated carbocycles. The number of benzene rings is 3. The summed E-state index contributed by atoms with van der Waals surface area (Å²) in [6.45, 7) is -2.70. The maximum atomic E-state index is 6.92. The molecule has 0 atom stereocenters. The van der Waals surface area contributed by atoms with Gasteiger partial charge in [-0.3, -0.25) is 0 Å². The first-order chi connectivity index (χ1) is 10.7. The number of para-hydroxylation sites is 3. The Morgan fingerprint density at radius 1 is 0.682 bits per heavy atom. The molecule has 3 aromatic carbocycles. The number of fused-ring (bicyclic) bond motifs is 5. The van der Waals surface area contributed by atoms with E-state index in [0.29, 0.717) is 0 Å². The van der Waals surface area contributed by atoms with E-state index in [1.807, 2.05) is 12.1 Å². The van der Waals surface area contributed by atoms with Gasteiger partial charge < -0.3 is 26.7 Å². The van der Waals surface area contributed by atoms with Gasteiger partial charge in [0.2, 0.25) is 0 Å². The molecule has 2 heterocycles. The van der Waals surface area contributed by atoms with Crippen LogP contribution in [0.2, 0.25) is 0 Å². The van der Waals surface area contributed by atoms with Crippen LogP contribution < -0.4 is 10.4 Å². The number of halogens is 2. The van der Waals surface area contributed by atoms with E-state index in [1.54, 1.807) is 0 Å². The lowest BCUT2D eigenvalue weighted by Gasteiger charge is -2.39. The fourth-order valence-corrected chi connectivity index (χ4v) is 7.44. The van der Waals surface area contributed by atoms with Gasteiger partial charge in [-0.1, -0.05) is 54.6 Å². The lowest BCUT2D eigenvalue weighted by molar-refractivity contribution is 1.19. The molecule has 1 nitrogen and oxygen atoms in total. The van der Waals surface area contributed by atoms with Crippen molar-refractivity contribution in [2.45, 2.75) is 0 Å². The standard InChI is InChI=1S/C18H11Cl2NSi/c19-22(20)16-10-4-3-9-15(16)21-14-8-2-1-6-12(14)13-7-5-11-17(22)18(13)21/h1-11H/q-1. The van der Waals surface area contributed by atoms with Crippen molar-refractivity contribution in [1.82, 2.24) is 4.57 Å². The van der Waals surface area contributed by atoms with Gasteiger partial charge in [0.25, 0.3) is 0 Å². The summed E-state index contributed by atoms with van der Waals surface area (Å²) in [5, 5.41) is 4.62. The SMILES string of the molecule is Cl[Si-]1(Cl)c2ccccc2-n2c3ccccc3c3cccc1c32. The van der Waals surface area contributed by atoms with Crippen LogP contribution in [-0.2, 0) is 0 Å². The highest BCUT2D eigenvalue weighted by Crippen LogP contribution is 2.36. The fraction of sp³-hybridized carbons (Fsp3) is 0. The Kier molecular flexibility index (Phi) is 2.42. The van der Waals surface area contributed by atoms with Crippen molar-refractivity contribution in [3.05, 3.63) is 66.7 Å². The molecule has 0 aliphatic carbocycles. The van der Waals surface area contributed by atoms with Crippen LogP contribution >= 0.6 is 22.2 Å². The van der Waals surface area contributed by atoms with Crippen LogP contribution in [0.15, 0.2) is 66.7 Å². The molecular formula is C18H11Cl2NSi-. The number of nitrogens with zero attached hydrogens (tertiary/aromatic N) is 1. The van der Waals surface area contributed by atoms with Crippen molar-refractivity contribution in [2.24, 2.45) is 0 Å². The third-order valence-electron chi connectivity index (χ3n) is 4.52. The zero-order valence-electron chi connectivity index (χ0n) is 11.6. The van der Waals surface area contributed by atoms with Crippen LogP contribution in [-0.4, -0.2) is 11.3 Å². The molecule has 0 unspecified atom stereocenters. The van der Waals surface area contributed by atoms with Gasteiger partial charge in [0, 0.05) is 22.0 Å². The van der Waals surface area contributed by atoms with Crippen LogP contribution in [0, 0.1) is 0 Å². The summed E-state index contributed by atoms with van der Waals surface area (Å²) in [7, 11) is 0.